The van der Waals surface area contributed by atoms with Crippen LogP contribution >= 0.6 is 11.8 Å². The molecular weight excluding hydrogens is 285 g/mol. The number of ether oxygens (including phenoxy) is 1. The molecule has 0 bridgehead atoms. The molecule has 21 heavy (non-hydrogen) atoms. The standard InChI is InChI=1S/C17H20FNOS/c1-12(2)19-11-15-16(18)8-5-9-17(15)21-14-7-4-6-13(10-14)20-3/h4-10,12,19H,11H2,1-3H3. The Morgan fingerprint density at radius 3 is 2.67 bits per heavy atom. The van der Waals surface area contributed by atoms with Crippen LogP contribution in [0.5, 0.6) is 5.75 Å². The molecule has 2 aromatic carbocycles. The fourth-order valence-electron chi connectivity index (χ4n) is 1.90. The smallest absolute Gasteiger partial charge is 0.128 e. The molecule has 0 fully saturated rings. The molecule has 0 aromatic heterocycles. The number of nitrogens with one attached hydrogen (secondary N) is 1. The lowest BCUT2D eigenvalue weighted by Gasteiger charge is -2.13. The van der Waals surface area contributed by atoms with Crippen molar-refractivity contribution in [2.75, 3.05) is 7.11 Å². The monoisotopic (exact) mass is 305 g/mol. The second-order valence-corrected chi connectivity index (χ2v) is 6.15. The van der Waals surface area contributed by atoms with Gasteiger partial charge in [0, 0.05) is 27.9 Å². The van der Waals surface area contributed by atoms with Gasteiger partial charge in [-0.05, 0) is 30.3 Å². The predicted molar refractivity (Wildman–Crippen MR) is 85.5 cm³/mol. The third-order valence-electron chi connectivity index (χ3n) is 3.03. The molecule has 0 aliphatic heterocycles. The summed E-state index contributed by atoms with van der Waals surface area (Å²) in [5, 5.41) is 3.27. The largest absolute Gasteiger partial charge is 0.497 e. The summed E-state index contributed by atoms with van der Waals surface area (Å²) in [6.45, 7) is 4.63. The van der Waals surface area contributed by atoms with Crippen molar-refractivity contribution >= 4 is 11.8 Å². The second kappa shape index (κ2) is 7.48. The Labute approximate surface area is 129 Å². The van der Waals surface area contributed by atoms with Crippen molar-refractivity contribution in [1.82, 2.24) is 5.32 Å². The molecule has 0 aliphatic carbocycles. The number of hydrogen-bond donors (Lipinski definition) is 1. The molecule has 0 saturated heterocycles. The Morgan fingerprint density at radius 1 is 1.19 bits per heavy atom. The average Bonchev–Trinajstić information content (AvgIpc) is 2.46. The Morgan fingerprint density at radius 2 is 1.95 bits per heavy atom. The summed E-state index contributed by atoms with van der Waals surface area (Å²) < 4.78 is 19.3. The van der Waals surface area contributed by atoms with Gasteiger partial charge in [-0.25, -0.2) is 4.39 Å². The van der Waals surface area contributed by atoms with Crippen LogP contribution in [0.15, 0.2) is 52.3 Å². The van der Waals surface area contributed by atoms with E-state index < -0.39 is 0 Å². The van der Waals surface area contributed by atoms with E-state index in [2.05, 4.69) is 19.2 Å². The summed E-state index contributed by atoms with van der Waals surface area (Å²) in [6.07, 6.45) is 0. The van der Waals surface area contributed by atoms with Crippen LogP contribution in [0.2, 0.25) is 0 Å². The number of hydrogen-bond acceptors (Lipinski definition) is 3. The van der Waals surface area contributed by atoms with Crippen molar-refractivity contribution in [3.05, 3.63) is 53.8 Å². The van der Waals surface area contributed by atoms with Gasteiger partial charge in [0.2, 0.25) is 0 Å². The normalized spacial score (nSPS) is 10.9. The third-order valence-corrected chi connectivity index (χ3v) is 4.12. The maximum Gasteiger partial charge on any atom is 0.128 e. The Bertz CT molecular complexity index is 601. The number of rotatable bonds is 6. The Kier molecular flexibility index (Phi) is 5.65. The molecule has 1 N–H and O–H groups in total. The molecule has 0 saturated carbocycles. The zero-order valence-corrected chi connectivity index (χ0v) is 13.3. The van der Waals surface area contributed by atoms with Gasteiger partial charge in [-0.15, -0.1) is 0 Å². The van der Waals surface area contributed by atoms with E-state index in [4.69, 9.17) is 4.74 Å². The molecule has 2 nitrogen and oxygen atoms in total. The first-order chi connectivity index (χ1) is 10.1. The Balaban J connectivity index is 2.24. The van der Waals surface area contributed by atoms with Crippen LogP contribution in [0, 0.1) is 5.82 Å². The first kappa shape index (κ1) is 15.9. The highest BCUT2D eigenvalue weighted by atomic mass is 32.2. The van der Waals surface area contributed by atoms with Crippen molar-refractivity contribution in [3.63, 3.8) is 0 Å². The van der Waals surface area contributed by atoms with Gasteiger partial charge in [0.05, 0.1) is 7.11 Å². The van der Waals surface area contributed by atoms with Gasteiger partial charge >= 0.3 is 0 Å². The minimum absolute atomic E-state index is 0.170. The van der Waals surface area contributed by atoms with E-state index in [-0.39, 0.29) is 5.82 Å². The molecule has 0 spiro atoms. The number of halogens is 1. The second-order valence-electron chi connectivity index (χ2n) is 5.03. The van der Waals surface area contributed by atoms with Gasteiger partial charge < -0.3 is 10.1 Å². The SMILES string of the molecule is COc1cccc(Sc2cccc(F)c2CNC(C)C)c1. The van der Waals surface area contributed by atoms with Crippen LogP contribution in [-0.2, 0) is 6.54 Å². The van der Waals surface area contributed by atoms with Crippen LogP contribution in [0.4, 0.5) is 4.39 Å². The molecule has 2 rings (SSSR count). The Hall–Kier alpha value is -1.52. The van der Waals surface area contributed by atoms with Gasteiger partial charge in [0.1, 0.15) is 11.6 Å². The molecule has 0 amide bonds. The first-order valence-corrected chi connectivity index (χ1v) is 7.74. The van der Waals surface area contributed by atoms with Crippen LogP contribution in [0.3, 0.4) is 0 Å². The fraction of sp³-hybridized carbons (Fsp3) is 0.294. The van der Waals surface area contributed by atoms with Crippen molar-refractivity contribution in [3.8, 4) is 5.75 Å². The molecule has 0 atom stereocenters. The van der Waals surface area contributed by atoms with E-state index in [1.807, 2.05) is 30.3 Å². The molecule has 0 radical (unpaired) electrons. The topological polar surface area (TPSA) is 21.3 Å². The van der Waals surface area contributed by atoms with Gasteiger partial charge in [-0.2, -0.15) is 0 Å². The predicted octanol–water partition coefficient (Wildman–Crippen LogP) is 4.48. The number of benzene rings is 2. The summed E-state index contributed by atoms with van der Waals surface area (Å²) >= 11 is 1.55. The zero-order valence-electron chi connectivity index (χ0n) is 12.5. The summed E-state index contributed by atoms with van der Waals surface area (Å²) in [5.41, 5.74) is 0.707. The molecule has 0 aliphatic rings. The van der Waals surface area contributed by atoms with Crippen molar-refractivity contribution in [2.24, 2.45) is 0 Å². The van der Waals surface area contributed by atoms with E-state index in [1.54, 1.807) is 24.9 Å². The van der Waals surface area contributed by atoms with E-state index in [9.17, 15) is 4.39 Å². The maximum absolute atomic E-state index is 14.1. The van der Waals surface area contributed by atoms with Gasteiger partial charge in [-0.1, -0.05) is 37.7 Å². The van der Waals surface area contributed by atoms with Crippen LogP contribution in [0.25, 0.3) is 0 Å². The minimum Gasteiger partial charge on any atom is -0.497 e. The lowest BCUT2D eigenvalue weighted by atomic mass is 10.2. The molecule has 2 aromatic rings. The van der Waals surface area contributed by atoms with Crippen molar-refractivity contribution < 1.29 is 9.13 Å². The summed E-state index contributed by atoms with van der Waals surface area (Å²) in [5.74, 6) is 0.634. The molecular formula is C17H20FNOS. The maximum atomic E-state index is 14.1. The van der Waals surface area contributed by atoms with E-state index in [1.165, 1.54) is 6.07 Å². The van der Waals surface area contributed by atoms with Gasteiger partial charge in [-0.3, -0.25) is 0 Å². The van der Waals surface area contributed by atoms with E-state index in [0.29, 0.717) is 18.2 Å². The third kappa shape index (κ3) is 4.48. The summed E-state index contributed by atoms with van der Waals surface area (Å²) in [7, 11) is 1.64. The van der Waals surface area contributed by atoms with E-state index >= 15 is 0 Å². The summed E-state index contributed by atoms with van der Waals surface area (Å²) in [4.78, 5) is 1.96. The highest BCUT2D eigenvalue weighted by Gasteiger charge is 2.10. The molecule has 0 unspecified atom stereocenters. The summed E-state index contributed by atoms with van der Waals surface area (Å²) in [6, 6.07) is 13.3. The highest BCUT2D eigenvalue weighted by Crippen LogP contribution is 2.33. The van der Waals surface area contributed by atoms with Crippen LogP contribution in [0.1, 0.15) is 19.4 Å². The minimum atomic E-state index is -0.170. The average molecular weight is 305 g/mol. The van der Waals surface area contributed by atoms with Gasteiger partial charge in [0.15, 0.2) is 0 Å². The van der Waals surface area contributed by atoms with Crippen molar-refractivity contribution in [1.29, 1.82) is 0 Å². The molecule has 4 heteroatoms. The molecule has 112 valence electrons. The lowest BCUT2D eigenvalue weighted by molar-refractivity contribution is 0.413. The van der Waals surface area contributed by atoms with E-state index in [0.717, 1.165) is 15.5 Å². The van der Waals surface area contributed by atoms with Gasteiger partial charge in [0.25, 0.3) is 0 Å². The fourth-order valence-corrected chi connectivity index (χ4v) is 2.92. The first-order valence-electron chi connectivity index (χ1n) is 6.93. The van der Waals surface area contributed by atoms with Crippen molar-refractivity contribution in [2.45, 2.75) is 36.2 Å². The highest BCUT2D eigenvalue weighted by molar-refractivity contribution is 7.99. The van der Waals surface area contributed by atoms with Crippen LogP contribution in [-0.4, -0.2) is 13.2 Å². The quantitative estimate of drug-likeness (QED) is 0.850. The van der Waals surface area contributed by atoms with Crippen LogP contribution < -0.4 is 10.1 Å². The lowest BCUT2D eigenvalue weighted by Crippen LogP contribution is -2.22. The molecule has 0 heterocycles. The zero-order chi connectivity index (χ0) is 15.2. The number of methoxy groups -OCH3 is 1.